The molecule has 0 unspecified atom stereocenters. The van der Waals surface area contributed by atoms with Gasteiger partial charge in [-0.25, -0.2) is 9.98 Å². The average Bonchev–Trinajstić information content (AvgIpc) is 2.84. The van der Waals surface area contributed by atoms with Gasteiger partial charge < -0.3 is 5.32 Å². The number of hydrogen-bond donors (Lipinski definition) is 1. The monoisotopic (exact) mass is 545 g/mol. The van der Waals surface area contributed by atoms with Gasteiger partial charge in [0.05, 0.1) is 53.8 Å². The van der Waals surface area contributed by atoms with Crippen LogP contribution in [0.15, 0.2) is 46.4 Å². The molecule has 0 bridgehead atoms. The van der Waals surface area contributed by atoms with Gasteiger partial charge in [-0.15, -0.1) is 0 Å². The Kier molecular flexibility index (Phi) is 7.04. The second kappa shape index (κ2) is 10.2. The molecule has 22 heteroatoms. The van der Waals surface area contributed by atoms with E-state index in [1.54, 1.807) is 0 Å². The van der Waals surface area contributed by atoms with Crippen molar-refractivity contribution in [2.75, 3.05) is 0 Å². The van der Waals surface area contributed by atoms with Crippen LogP contribution in [0.5, 0.6) is 0 Å². The summed E-state index contributed by atoms with van der Waals surface area (Å²) >= 11 is 0. The third kappa shape index (κ3) is 5.47. The van der Waals surface area contributed by atoms with Crippen LogP contribution >= 0.6 is 0 Å². The van der Waals surface area contributed by atoms with Gasteiger partial charge in [-0.1, -0.05) is 0 Å². The molecular formula is C17H7N9O13. The lowest BCUT2D eigenvalue weighted by molar-refractivity contribution is -0.402. The van der Waals surface area contributed by atoms with Gasteiger partial charge in [0.15, 0.2) is 0 Å². The van der Waals surface area contributed by atoms with Gasteiger partial charge in [-0.05, 0) is 12.2 Å². The van der Waals surface area contributed by atoms with Crippen LogP contribution in [0, 0.1) is 60.7 Å². The van der Waals surface area contributed by atoms with Gasteiger partial charge in [0.25, 0.3) is 17.3 Å². The van der Waals surface area contributed by atoms with Crippen molar-refractivity contribution in [1.82, 2.24) is 5.32 Å². The molecule has 0 aromatic heterocycles. The number of hydrogen-bond acceptors (Lipinski definition) is 15. The number of nitrogens with zero attached hydrogens (tertiary/aromatic N) is 8. The van der Waals surface area contributed by atoms with Crippen molar-refractivity contribution in [1.29, 1.82) is 0 Å². The molecule has 1 amide bonds. The minimum atomic E-state index is -1.24. The second-order valence-electron chi connectivity index (χ2n) is 6.99. The highest BCUT2D eigenvalue weighted by atomic mass is 16.6. The van der Waals surface area contributed by atoms with Gasteiger partial charge in [-0.3, -0.25) is 65.5 Å². The van der Waals surface area contributed by atoms with Crippen molar-refractivity contribution in [3.8, 4) is 0 Å². The number of carbonyl (C=O) groups excluding carboxylic acids is 1. The van der Waals surface area contributed by atoms with E-state index in [1.165, 1.54) is 0 Å². The van der Waals surface area contributed by atoms with E-state index in [-0.39, 0.29) is 0 Å². The Morgan fingerprint density at radius 1 is 0.538 bits per heavy atom. The fourth-order valence-corrected chi connectivity index (χ4v) is 3.03. The summed E-state index contributed by atoms with van der Waals surface area (Å²) in [4.78, 5) is 80.3. The lowest BCUT2D eigenvalue weighted by Crippen LogP contribution is -2.37. The molecule has 0 atom stereocenters. The van der Waals surface area contributed by atoms with E-state index in [1.807, 2.05) is 5.32 Å². The third-order valence-electron chi connectivity index (χ3n) is 4.66. The first-order valence-electron chi connectivity index (χ1n) is 9.60. The summed E-state index contributed by atoms with van der Waals surface area (Å²) in [6.07, 6.45) is 1.65. The molecular weight excluding hydrogens is 538 g/mol. The number of benzene rings is 2. The fraction of sp³-hybridized carbons (Fsp3) is 0. The highest BCUT2D eigenvalue weighted by Gasteiger charge is 2.33. The van der Waals surface area contributed by atoms with Crippen LogP contribution < -0.4 is 5.32 Å². The van der Waals surface area contributed by atoms with Crippen LogP contribution in [-0.4, -0.2) is 47.0 Å². The first-order chi connectivity index (χ1) is 18.2. The Labute approximate surface area is 210 Å². The molecule has 1 N–H and O–H groups in total. The van der Waals surface area contributed by atoms with Gasteiger partial charge in [0.2, 0.25) is 11.4 Å². The zero-order valence-electron chi connectivity index (χ0n) is 18.3. The Bertz CT molecular complexity index is 1560. The Balaban J connectivity index is 2.17. The Hall–Kier alpha value is -6.61. The van der Waals surface area contributed by atoms with E-state index in [0.29, 0.717) is 24.3 Å². The maximum Gasteiger partial charge on any atom is 0.308 e. The minimum absolute atomic E-state index is 0.385. The topological polar surface area (TPSA) is 313 Å². The van der Waals surface area contributed by atoms with Crippen LogP contribution in [0.4, 0.5) is 45.5 Å². The van der Waals surface area contributed by atoms with Crippen molar-refractivity contribution < 1.29 is 34.3 Å². The van der Waals surface area contributed by atoms with Crippen molar-refractivity contribution in [3.05, 3.63) is 97.1 Å². The highest BCUT2D eigenvalue weighted by Crippen LogP contribution is 2.42. The number of aliphatic imine (C=N–C) groups is 2. The molecule has 1 aliphatic rings. The summed E-state index contributed by atoms with van der Waals surface area (Å²) in [7, 11) is 0. The van der Waals surface area contributed by atoms with Crippen LogP contribution in [0.3, 0.4) is 0 Å². The molecule has 1 aliphatic heterocycles. The molecule has 0 spiro atoms. The van der Waals surface area contributed by atoms with E-state index in [4.69, 9.17) is 0 Å². The minimum Gasteiger partial charge on any atom is -0.305 e. The van der Waals surface area contributed by atoms with E-state index in [9.17, 15) is 65.5 Å². The summed E-state index contributed by atoms with van der Waals surface area (Å²) in [5.41, 5.74) is -9.36. The normalized spacial score (nSPS) is 14.6. The second-order valence-corrected chi connectivity index (χ2v) is 6.99. The zero-order chi connectivity index (χ0) is 29.2. The number of non-ortho nitro benzene ring substituents is 2. The lowest BCUT2D eigenvalue weighted by Gasteiger charge is -2.11. The van der Waals surface area contributed by atoms with Gasteiger partial charge in [0.1, 0.15) is 11.5 Å². The fourth-order valence-electron chi connectivity index (χ4n) is 3.03. The quantitative estimate of drug-likeness (QED) is 0.368. The van der Waals surface area contributed by atoms with Crippen LogP contribution in [0.1, 0.15) is 0 Å². The smallest absolute Gasteiger partial charge is 0.305 e. The lowest BCUT2D eigenvalue weighted by atomic mass is 10.1. The summed E-state index contributed by atoms with van der Waals surface area (Å²) in [6, 6.07) is 1.58. The number of amides is 1. The van der Waals surface area contributed by atoms with Crippen LogP contribution in [-0.2, 0) is 4.79 Å². The number of nitro benzene ring substituents is 6. The zero-order valence-corrected chi connectivity index (χ0v) is 18.3. The maximum atomic E-state index is 12.5. The molecule has 3 rings (SSSR count). The molecule has 39 heavy (non-hydrogen) atoms. The van der Waals surface area contributed by atoms with Gasteiger partial charge >= 0.3 is 22.7 Å². The van der Waals surface area contributed by atoms with Crippen molar-refractivity contribution in [2.45, 2.75) is 0 Å². The van der Waals surface area contributed by atoms with Gasteiger partial charge in [0, 0.05) is 0 Å². The number of nitro groups is 6. The molecule has 2 aromatic rings. The maximum absolute atomic E-state index is 12.5. The van der Waals surface area contributed by atoms with Crippen molar-refractivity contribution >= 4 is 63.0 Å². The van der Waals surface area contributed by atoms with Crippen LogP contribution in [0.2, 0.25) is 0 Å². The predicted octanol–water partition coefficient (Wildman–Crippen LogP) is 2.62. The standard InChI is InChI=1S/C17H7N9O13/c27-17-9(18-15-10(23(32)33)3-7(21(28)29)4-11(15)24(34)35)1-2-14(20-17)19-16-12(25(36)37)5-8(22(30)31)6-13(16)26(38)39/h1-6H,(H,19,20,27). The van der Waals surface area contributed by atoms with E-state index in [2.05, 4.69) is 9.98 Å². The molecule has 2 aromatic carbocycles. The highest BCUT2D eigenvalue weighted by molar-refractivity contribution is 6.49. The summed E-state index contributed by atoms with van der Waals surface area (Å²) < 4.78 is 0. The SMILES string of the molecule is O=C1NC(=Nc2c([N+](=O)[O-])cc([N+](=O)[O-])cc2[N+](=O)[O-])C=CC1=Nc1c([N+](=O)[O-])cc([N+](=O)[O-])cc1[N+](=O)[O-]. The predicted molar refractivity (Wildman–Crippen MR) is 124 cm³/mol. The number of amidine groups is 1. The number of nitrogens with one attached hydrogen (secondary N) is 1. The van der Waals surface area contributed by atoms with E-state index in [0.717, 1.165) is 12.2 Å². The van der Waals surface area contributed by atoms with Crippen molar-refractivity contribution in [3.63, 3.8) is 0 Å². The molecule has 0 fully saturated rings. The first-order valence-corrected chi connectivity index (χ1v) is 9.60. The first kappa shape index (κ1) is 27.0. The summed E-state index contributed by atoms with van der Waals surface area (Å²) in [6.45, 7) is 0. The number of carbonyl (C=O) groups is 1. The molecule has 22 nitrogen and oxygen atoms in total. The molecule has 0 saturated heterocycles. The molecule has 0 saturated carbocycles. The number of rotatable bonds is 8. The molecule has 198 valence electrons. The van der Waals surface area contributed by atoms with Gasteiger partial charge in [-0.2, -0.15) is 0 Å². The van der Waals surface area contributed by atoms with Crippen molar-refractivity contribution in [2.24, 2.45) is 9.98 Å². The summed E-state index contributed by atoms with van der Waals surface area (Å²) in [5, 5.41) is 69.5. The molecule has 1 heterocycles. The Morgan fingerprint density at radius 3 is 1.21 bits per heavy atom. The summed E-state index contributed by atoms with van der Waals surface area (Å²) in [5.74, 6) is -1.82. The van der Waals surface area contributed by atoms with E-state index >= 15 is 0 Å². The largest absolute Gasteiger partial charge is 0.308 e. The third-order valence-corrected chi connectivity index (χ3v) is 4.66. The molecule has 0 radical (unpaired) electrons. The Morgan fingerprint density at radius 2 is 0.897 bits per heavy atom. The van der Waals surface area contributed by atoms with E-state index < -0.39 is 92.5 Å². The molecule has 0 aliphatic carbocycles. The average molecular weight is 545 g/mol. The van der Waals surface area contributed by atoms with Crippen LogP contribution in [0.25, 0.3) is 0 Å².